The van der Waals surface area contributed by atoms with Crippen molar-refractivity contribution >= 4 is 22.5 Å². The molecule has 0 bridgehead atoms. The molecule has 4 rings (SSSR count). The van der Waals surface area contributed by atoms with Crippen molar-refractivity contribution in [2.75, 3.05) is 0 Å². The number of nitrogens with zero attached hydrogens (tertiary/aromatic N) is 3. The van der Waals surface area contributed by atoms with Crippen molar-refractivity contribution in [3.63, 3.8) is 0 Å². The monoisotopic (exact) mass is 291 g/mol. The third-order valence-corrected chi connectivity index (χ3v) is 3.57. The molecule has 3 heterocycles. The van der Waals surface area contributed by atoms with Gasteiger partial charge in [-0.3, -0.25) is 9.20 Å². The number of rotatable bonds is 3. The Morgan fingerprint density at radius 1 is 1.14 bits per heavy atom. The third-order valence-electron chi connectivity index (χ3n) is 3.57. The van der Waals surface area contributed by atoms with E-state index in [1.54, 1.807) is 0 Å². The first-order valence-corrected chi connectivity index (χ1v) is 6.96. The highest BCUT2D eigenvalue weighted by Crippen LogP contribution is 2.14. The minimum absolute atomic E-state index is 0.163. The normalized spacial score (nSPS) is 11.1. The van der Waals surface area contributed by atoms with Gasteiger partial charge < -0.3 is 10.3 Å². The number of pyridine rings is 1. The lowest BCUT2D eigenvalue weighted by Crippen LogP contribution is -2.24. The highest BCUT2D eigenvalue weighted by atomic mass is 16.1. The van der Waals surface area contributed by atoms with Crippen LogP contribution in [0.15, 0.2) is 54.7 Å². The van der Waals surface area contributed by atoms with E-state index in [1.165, 1.54) is 0 Å². The summed E-state index contributed by atoms with van der Waals surface area (Å²) in [4.78, 5) is 15.4. The van der Waals surface area contributed by atoms with E-state index in [0.29, 0.717) is 18.1 Å². The molecule has 4 aromatic rings. The van der Waals surface area contributed by atoms with Crippen LogP contribution in [-0.4, -0.2) is 25.5 Å². The van der Waals surface area contributed by atoms with Gasteiger partial charge in [-0.25, -0.2) is 0 Å². The van der Waals surface area contributed by atoms with Crippen molar-refractivity contribution in [3.05, 3.63) is 66.2 Å². The smallest absolute Gasteiger partial charge is 0.268 e. The molecule has 108 valence electrons. The maximum absolute atomic E-state index is 12.2. The van der Waals surface area contributed by atoms with Gasteiger partial charge in [0.05, 0.1) is 6.54 Å². The van der Waals surface area contributed by atoms with Crippen molar-refractivity contribution in [3.8, 4) is 0 Å². The van der Waals surface area contributed by atoms with E-state index in [1.807, 2.05) is 59.1 Å². The zero-order valence-electron chi connectivity index (χ0n) is 11.7. The second-order valence-corrected chi connectivity index (χ2v) is 5.00. The van der Waals surface area contributed by atoms with Crippen LogP contribution < -0.4 is 5.32 Å². The van der Waals surface area contributed by atoms with Crippen LogP contribution in [0.5, 0.6) is 0 Å². The van der Waals surface area contributed by atoms with Gasteiger partial charge >= 0.3 is 0 Å². The van der Waals surface area contributed by atoms with Crippen LogP contribution in [0.1, 0.15) is 16.3 Å². The summed E-state index contributed by atoms with van der Waals surface area (Å²) < 4.78 is 1.85. The molecule has 0 spiro atoms. The highest BCUT2D eigenvalue weighted by molar-refractivity contribution is 5.97. The number of aromatic amines is 1. The minimum Gasteiger partial charge on any atom is -0.351 e. The number of benzene rings is 1. The molecule has 22 heavy (non-hydrogen) atoms. The number of carbonyl (C=O) groups is 1. The van der Waals surface area contributed by atoms with Gasteiger partial charge in [0.15, 0.2) is 11.5 Å². The Morgan fingerprint density at radius 3 is 2.91 bits per heavy atom. The SMILES string of the molecule is O=C(NCc1nnc2ccccn12)c1cc2ccccc2[nH]1. The average molecular weight is 291 g/mol. The van der Waals surface area contributed by atoms with Gasteiger partial charge in [-0.2, -0.15) is 0 Å². The van der Waals surface area contributed by atoms with E-state index >= 15 is 0 Å². The Balaban J connectivity index is 1.54. The fourth-order valence-corrected chi connectivity index (χ4v) is 2.46. The van der Waals surface area contributed by atoms with Gasteiger partial charge in [0.25, 0.3) is 5.91 Å². The summed E-state index contributed by atoms with van der Waals surface area (Å²) in [6, 6.07) is 15.3. The molecule has 0 unspecified atom stereocenters. The van der Waals surface area contributed by atoms with E-state index in [2.05, 4.69) is 20.5 Å². The predicted molar refractivity (Wildman–Crippen MR) is 82.5 cm³/mol. The molecule has 0 aliphatic rings. The minimum atomic E-state index is -0.163. The van der Waals surface area contributed by atoms with Gasteiger partial charge in [-0.05, 0) is 24.3 Å². The Hall–Kier alpha value is -3.15. The zero-order valence-corrected chi connectivity index (χ0v) is 11.7. The van der Waals surface area contributed by atoms with Gasteiger partial charge in [-0.1, -0.05) is 24.3 Å². The van der Waals surface area contributed by atoms with Gasteiger partial charge in [-0.15, -0.1) is 10.2 Å². The summed E-state index contributed by atoms with van der Waals surface area (Å²) >= 11 is 0. The molecule has 0 fully saturated rings. The number of fused-ring (bicyclic) bond motifs is 2. The number of hydrogen-bond acceptors (Lipinski definition) is 3. The van der Waals surface area contributed by atoms with Crippen molar-refractivity contribution in [1.82, 2.24) is 24.9 Å². The molecular formula is C16H13N5O. The first kappa shape index (κ1) is 12.6. The molecular weight excluding hydrogens is 278 g/mol. The molecule has 2 N–H and O–H groups in total. The van der Waals surface area contributed by atoms with Crippen LogP contribution in [0.25, 0.3) is 16.6 Å². The van der Waals surface area contributed by atoms with E-state index in [9.17, 15) is 4.79 Å². The Labute approximate surface area is 125 Å². The Kier molecular flexibility index (Phi) is 2.86. The zero-order chi connectivity index (χ0) is 14.9. The average Bonchev–Trinajstić information content (AvgIpc) is 3.16. The van der Waals surface area contributed by atoms with Gasteiger partial charge in [0.1, 0.15) is 5.69 Å². The topological polar surface area (TPSA) is 75.1 Å². The molecule has 0 aliphatic heterocycles. The number of carbonyl (C=O) groups excluding carboxylic acids is 1. The quantitative estimate of drug-likeness (QED) is 0.607. The Bertz CT molecular complexity index is 936. The van der Waals surface area contributed by atoms with E-state index in [-0.39, 0.29) is 5.91 Å². The van der Waals surface area contributed by atoms with Crippen LogP contribution in [0.3, 0.4) is 0 Å². The number of hydrogen-bond donors (Lipinski definition) is 2. The second-order valence-electron chi connectivity index (χ2n) is 5.00. The standard InChI is InChI=1S/C16H13N5O/c22-16(13-9-11-5-1-2-6-12(11)18-13)17-10-15-20-19-14-7-3-4-8-21(14)15/h1-9,18H,10H2,(H,17,22). The molecule has 6 heteroatoms. The molecule has 0 aliphatic carbocycles. The summed E-state index contributed by atoms with van der Waals surface area (Å²) in [6.45, 7) is 0.319. The molecule has 1 aromatic carbocycles. The van der Waals surface area contributed by atoms with E-state index in [4.69, 9.17) is 0 Å². The maximum atomic E-state index is 12.2. The van der Waals surface area contributed by atoms with Crippen LogP contribution >= 0.6 is 0 Å². The number of para-hydroxylation sites is 1. The van der Waals surface area contributed by atoms with E-state index in [0.717, 1.165) is 16.6 Å². The van der Waals surface area contributed by atoms with Crippen molar-refractivity contribution in [1.29, 1.82) is 0 Å². The van der Waals surface area contributed by atoms with E-state index < -0.39 is 0 Å². The van der Waals surface area contributed by atoms with Crippen LogP contribution in [0.2, 0.25) is 0 Å². The van der Waals surface area contributed by atoms with Crippen LogP contribution in [-0.2, 0) is 6.54 Å². The van der Waals surface area contributed by atoms with Crippen molar-refractivity contribution < 1.29 is 4.79 Å². The van der Waals surface area contributed by atoms with Gasteiger partial charge in [0, 0.05) is 17.1 Å². The molecule has 0 atom stereocenters. The summed E-state index contributed by atoms with van der Waals surface area (Å²) in [5.74, 6) is 0.531. The number of aromatic nitrogens is 4. The molecule has 0 radical (unpaired) electrons. The Morgan fingerprint density at radius 2 is 2.00 bits per heavy atom. The molecule has 3 aromatic heterocycles. The molecule has 0 saturated heterocycles. The molecule has 1 amide bonds. The van der Waals surface area contributed by atoms with Gasteiger partial charge in [0.2, 0.25) is 0 Å². The van der Waals surface area contributed by atoms with Crippen molar-refractivity contribution in [2.24, 2.45) is 0 Å². The third kappa shape index (κ3) is 2.10. The summed E-state index contributed by atoms with van der Waals surface area (Å²) in [5, 5.41) is 12.0. The highest BCUT2D eigenvalue weighted by Gasteiger charge is 2.11. The number of nitrogens with one attached hydrogen (secondary N) is 2. The fourth-order valence-electron chi connectivity index (χ4n) is 2.46. The summed E-state index contributed by atoms with van der Waals surface area (Å²) in [5.41, 5.74) is 2.24. The lowest BCUT2D eigenvalue weighted by molar-refractivity contribution is 0.0945. The molecule has 6 nitrogen and oxygen atoms in total. The number of amides is 1. The van der Waals surface area contributed by atoms with Crippen LogP contribution in [0.4, 0.5) is 0 Å². The summed E-state index contributed by atoms with van der Waals surface area (Å²) in [6.07, 6.45) is 1.87. The van der Waals surface area contributed by atoms with Crippen LogP contribution in [0, 0.1) is 0 Å². The first-order valence-electron chi connectivity index (χ1n) is 6.96. The first-order chi connectivity index (χ1) is 10.8. The predicted octanol–water partition coefficient (Wildman–Crippen LogP) is 2.14. The van der Waals surface area contributed by atoms with Crippen molar-refractivity contribution in [2.45, 2.75) is 6.54 Å². The lowest BCUT2D eigenvalue weighted by Gasteiger charge is -2.02. The largest absolute Gasteiger partial charge is 0.351 e. The molecule has 0 saturated carbocycles. The maximum Gasteiger partial charge on any atom is 0.268 e. The lowest BCUT2D eigenvalue weighted by atomic mass is 10.2. The summed E-state index contributed by atoms with van der Waals surface area (Å²) in [7, 11) is 0. The number of H-pyrrole nitrogens is 1. The fraction of sp³-hybridized carbons (Fsp3) is 0.0625. The second kappa shape index (κ2) is 5.00.